The molecule has 0 aliphatic carbocycles. The summed E-state index contributed by atoms with van der Waals surface area (Å²) in [6.45, 7) is 0.152. The molecule has 2 nitrogen and oxygen atoms in total. The van der Waals surface area contributed by atoms with Crippen LogP contribution in [-0.2, 0) is 11.3 Å². The molecule has 0 aliphatic rings. The molecular formula is C10H10Cl2F3NO. The molecule has 17 heavy (non-hydrogen) atoms. The topological polar surface area (TPSA) is 22.1 Å². The van der Waals surface area contributed by atoms with E-state index in [1.807, 2.05) is 0 Å². The van der Waals surface area contributed by atoms with Gasteiger partial charge in [-0.1, -0.05) is 29.3 Å². The van der Waals surface area contributed by atoms with Crippen molar-refractivity contribution in [1.82, 2.24) is 4.98 Å². The van der Waals surface area contributed by atoms with Gasteiger partial charge in [0.1, 0.15) is 10.3 Å². The van der Waals surface area contributed by atoms with Crippen molar-refractivity contribution >= 4 is 23.2 Å². The summed E-state index contributed by atoms with van der Waals surface area (Å²) in [6, 6.07) is 3.17. The molecule has 0 aliphatic heterocycles. The maximum Gasteiger partial charge on any atom is 0.389 e. The molecule has 1 heterocycles. The monoisotopic (exact) mass is 287 g/mol. The van der Waals surface area contributed by atoms with Gasteiger partial charge in [0.25, 0.3) is 0 Å². The summed E-state index contributed by atoms with van der Waals surface area (Å²) in [5.74, 6) is 0. The highest BCUT2D eigenvalue weighted by Crippen LogP contribution is 2.21. The molecule has 0 N–H and O–H groups in total. The van der Waals surface area contributed by atoms with Crippen LogP contribution in [0.1, 0.15) is 18.4 Å². The zero-order chi connectivity index (χ0) is 12.9. The van der Waals surface area contributed by atoms with Crippen molar-refractivity contribution in [3.05, 3.63) is 28.0 Å². The summed E-state index contributed by atoms with van der Waals surface area (Å²) in [7, 11) is 0. The fourth-order valence-electron chi connectivity index (χ4n) is 1.11. The summed E-state index contributed by atoms with van der Waals surface area (Å²) >= 11 is 11.3. The average Bonchev–Trinajstić information content (AvgIpc) is 2.18. The van der Waals surface area contributed by atoms with E-state index in [2.05, 4.69) is 4.98 Å². The van der Waals surface area contributed by atoms with Crippen LogP contribution < -0.4 is 0 Å². The Balaban J connectivity index is 2.27. The number of pyridine rings is 1. The lowest BCUT2D eigenvalue weighted by Gasteiger charge is -2.07. The van der Waals surface area contributed by atoms with E-state index >= 15 is 0 Å². The second kappa shape index (κ2) is 6.42. The second-order valence-corrected chi connectivity index (χ2v) is 4.10. The van der Waals surface area contributed by atoms with Gasteiger partial charge < -0.3 is 4.74 Å². The van der Waals surface area contributed by atoms with Crippen LogP contribution in [0.2, 0.25) is 10.3 Å². The van der Waals surface area contributed by atoms with E-state index in [4.69, 9.17) is 27.9 Å². The molecule has 1 aromatic heterocycles. The van der Waals surface area contributed by atoms with Gasteiger partial charge in [0.05, 0.1) is 6.61 Å². The molecular weight excluding hydrogens is 278 g/mol. The van der Waals surface area contributed by atoms with Gasteiger partial charge >= 0.3 is 6.18 Å². The smallest absolute Gasteiger partial charge is 0.377 e. The van der Waals surface area contributed by atoms with Crippen molar-refractivity contribution in [3.63, 3.8) is 0 Å². The lowest BCUT2D eigenvalue weighted by molar-refractivity contribution is -0.138. The maximum atomic E-state index is 11.8. The fourth-order valence-corrected chi connectivity index (χ4v) is 1.50. The van der Waals surface area contributed by atoms with Gasteiger partial charge in [-0.15, -0.1) is 0 Å². The molecule has 0 amide bonds. The third kappa shape index (κ3) is 6.10. The van der Waals surface area contributed by atoms with E-state index in [1.165, 1.54) is 0 Å². The van der Waals surface area contributed by atoms with Gasteiger partial charge in [0.15, 0.2) is 0 Å². The average molecular weight is 288 g/mol. The Labute approximate surface area is 107 Å². The van der Waals surface area contributed by atoms with Crippen molar-refractivity contribution in [3.8, 4) is 0 Å². The van der Waals surface area contributed by atoms with Crippen molar-refractivity contribution in [2.45, 2.75) is 25.6 Å². The minimum atomic E-state index is -4.14. The Bertz CT molecular complexity index is 371. The first-order valence-corrected chi connectivity index (χ1v) is 5.59. The number of ether oxygens (including phenoxy) is 1. The molecule has 0 spiro atoms. The quantitative estimate of drug-likeness (QED) is 0.597. The number of alkyl halides is 3. The second-order valence-electron chi connectivity index (χ2n) is 3.36. The lowest BCUT2D eigenvalue weighted by Crippen LogP contribution is -2.08. The summed E-state index contributed by atoms with van der Waals surface area (Å²) < 4.78 is 40.5. The number of rotatable bonds is 5. The Kier molecular flexibility index (Phi) is 5.49. The van der Waals surface area contributed by atoms with Gasteiger partial charge in [-0.05, 0) is 12.5 Å². The van der Waals surface area contributed by atoms with Crippen LogP contribution in [0.3, 0.4) is 0 Å². The summed E-state index contributed by atoms with van der Waals surface area (Å²) in [5, 5.41) is 0.462. The molecule has 1 aromatic rings. The Hall–Kier alpha value is -0.520. The largest absolute Gasteiger partial charge is 0.389 e. The van der Waals surface area contributed by atoms with E-state index < -0.39 is 12.6 Å². The zero-order valence-corrected chi connectivity index (χ0v) is 10.2. The predicted molar refractivity (Wildman–Crippen MR) is 59.2 cm³/mol. The lowest BCUT2D eigenvalue weighted by atomic mass is 10.3. The molecule has 0 fully saturated rings. The van der Waals surface area contributed by atoms with Crippen LogP contribution >= 0.6 is 23.2 Å². The first-order chi connectivity index (χ1) is 7.88. The fraction of sp³-hybridized carbons (Fsp3) is 0.500. The number of halogens is 5. The SMILES string of the molecule is FC(F)(F)CCCOCc1ccc(Cl)nc1Cl. The van der Waals surface area contributed by atoms with Gasteiger partial charge in [0.2, 0.25) is 0 Å². The zero-order valence-electron chi connectivity index (χ0n) is 8.73. The van der Waals surface area contributed by atoms with E-state index in [-0.39, 0.29) is 29.9 Å². The first kappa shape index (κ1) is 14.5. The highest BCUT2D eigenvalue weighted by atomic mass is 35.5. The molecule has 0 unspecified atom stereocenters. The van der Waals surface area contributed by atoms with Gasteiger partial charge in [-0.2, -0.15) is 13.2 Å². The van der Waals surface area contributed by atoms with Crippen LogP contribution in [0.4, 0.5) is 13.2 Å². The van der Waals surface area contributed by atoms with Gasteiger partial charge in [-0.3, -0.25) is 0 Å². The minimum Gasteiger partial charge on any atom is -0.377 e. The van der Waals surface area contributed by atoms with Crippen molar-refractivity contribution in [1.29, 1.82) is 0 Å². The van der Waals surface area contributed by atoms with E-state index in [1.54, 1.807) is 12.1 Å². The molecule has 7 heteroatoms. The van der Waals surface area contributed by atoms with Crippen LogP contribution in [-0.4, -0.2) is 17.8 Å². The number of aromatic nitrogens is 1. The predicted octanol–water partition coefficient (Wildman–Crippen LogP) is 4.25. The summed E-state index contributed by atoms with van der Waals surface area (Å²) in [4.78, 5) is 3.78. The molecule has 0 atom stereocenters. The molecule has 1 rings (SSSR count). The third-order valence-electron chi connectivity index (χ3n) is 1.90. The molecule has 0 bridgehead atoms. The van der Waals surface area contributed by atoms with Crippen molar-refractivity contribution < 1.29 is 17.9 Å². The first-order valence-electron chi connectivity index (χ1n) is 4.84. The van der Waals surface area contributed by atoms with Crippen LogP contribution in [0.25, 0.3) is 0 Å². The molecule has 0 radical (unpaired) electrons. The van der Waals surface area contributed by atoms with Crippen LogP contribution in [0.5, 0.6) is 0 Å². The highest BCUT2D eigenvalue weighted by Gasteiger charge is 2.25. The Morgan fingerprint density at radius 3 is 2.53 bits per heavy atom. The van der Waals surface area contributed by atoms with Gasteiger partial charge in [-0.25, -0.2) is 4.98 Å². The molecule has 0 saturated carbocycles. The third-order valence-corrected chi connectivity index (χ3v) is 2.44. The number of hydrogen-bond acceptors (Lipinski definition) is 2. The van der Waals surface area contributed by atoms with Crippen molar-refractivity contribution in [2.24, 2.45) is 0 Å². The van der Waals surface area contributed by atoms with E-state index in [0.29, 0.717) is 5.56 Å². The number of hydrogen-bond donors (Lipinski definition) is 0. The van der Waals surface area contributed by atoms with Crippen LogP contribution in [0.15, 0.2) is 12.1 Å². The van der Waals surface area contributed by atoms with Gasteiger partial charge in [0, 0.05) is 18.6 Å². The number of nitrogens with zero attached hydrogens (tertiary/aromatic N) is 1. The molecule has 96 valence electrons. The standard InChI is InChI=1S/C10H10Cl2F3NO/c11-8-3-2-7(9(12)16-8)6-17-5-1-4-10(13,14)15/h2-3H,1,4-6H2. The summed E-state index contributed by atoms with van der Waals surface area (Å²) in [6.07, 6.45) is -5.05. The molecule has 0 saturated heterocycles. The van der Waals surface area contributed by atoms with Crippen LogP contribution in [0, 0.1) is 0 Å². The van der Waals surface area contributed by atoms with Crippen molar-refractivity contribution in [2.75, 3.05) is 6.61 Å². The Morgan fingerprint density at radius 1 is 1.24 bits per heavy atom. The normalized spacial score (nSPS) is 11.8. The minimum absolute atomic E-state index is 0.0263. The Morgan fingerprint density at radius 2 is 1.94 bits per heavy atom. The van der Waals surface area contributed by atoms with E-state index in [0.717, 1.165) is 0 Å². The molecule has 0 aromatic carbocycles. The van der Waals surface area contributed by atoms with E-state index in [9.17, 15) is 13.2 Å². The maximum absolute atomic E-state index is 11.8. The highest BCUT2D eigenvalue weighted by molar-refractivity contribution is 6.32. The summed E-state index contributed by atoms with van der Waals surface area (Å²) in [5.41, 5.74) is 0.600.